The lowest BCUT2D eigenvalue weighted by molar-refractivity contribution is -0.123. The molecule has 1 amide bonds. The summed E-state index contributed by atoms with van der Waals surface area (Å²) < 4.78 is 5.43. The summed E-state index contributed by atoms with van der Waals surface area (Å²) in [7, 11) is 0. The van der Waals surface area contributed by atoms with Crippen LogP contribution in [0.25, 0.3) is 22.6 Å². The van der Waals surface area contributed by atoms with Crippen molar-refractivity contribution in [3.63, 3.8) is 0 Å². The van der Waals surface area contributed by atoms with Gasteiger partial charge in [-0.1, -0.05) is 35.8 Å². The Morgan fingerprint density at radius 2 is 2.03 bits per heavy atom. The van der Waals surface area contributed by atoms with Crippen molar-refractivity contribution in [2.24, 2.45) is 0 Å². The number of amides is 1. The molecule has 1 aromatic carbocycles. The predicted molar refractivity (Wildman–Crippen MR) is 119 cm³/mol. The summed E-state index contributed by atoms with van der Waals surface area (Å²) in [5, 5.41) is 7.02. The van der Waals surface area contributed by atoms with Gasteiger partial charge in [0.15, 0.2) is 5.76 Å². The quantitative estimate of drug-likeness (QED) is 0.652. The number of nitrogens with one attached hydrogen (secondary N) is 1. The molecule has 31 heavy (non-hydrogen) atoms. The molecule has 0 aliphatic carbocycles. The average molecular weight is 420 g/mol. The molecule has 1 aliphatic rings. The third-order valence-electron chi connectivity index (χ3n) is 5.81. The van der Waals surface area contributed by atoms with E-state index in [2.05, 4.69) is 32.3 Å². The van der Waals surface area contributed by atoms with Crippen molar-refractivity contribution in [1.29, 1.82) is 0 Å². The van der Waals surface area contributed by atoms with Crippen LogP contribution in [0.1, 0.15) is 43.3 Å². The maximum Gasteiger partial charge on any atom is 0.234 e. The van der Waals surface area contributed by atoms with Crippen molar-refractivity contribution in [1.82, 2.24) is 25.3 Å². The normalized spacial score (nSPS) is 16.9. The van der Waals surface area contributed by atoms with Crippen molar-refractivity contribution >= 4 is 5.91 Å². The third kappa shape index (κ3) is 5.17. The summed E-state index contributed by atoms with van der Waals surface area (Å²) in [4.78, 5) is 23.6. The molecular formula is C24H29N5O2. The first-order valence-corrected chi connectivity index (χ1v) is 10.9. The van der Waals surface area contributed by atoms with Gasteiger partial charge in [0.1, 0.15) is 5.82 Å². The molecule has 1 saturated heterocycles. The number of benzene rings is 1. The minimum Gasteiger partial charge on any atom is -0.356 e. The summed E-state index contributed by atoms with van der Waals surface area (Å²) in [6.07, 6.45) is 5.38. The van der Waals surface area contributed by atoms with Gasteiger partial charge in [-0.3, -0.25) is 9.69 Å². The fourth-order valence-corrected chi connectivity index (χ4v) is 3.97. The maximum atomic E-state index is 12.4. The molecule has 7 heteroatoms. The first-order valence-electron chi connectivity index (χ1n) is 10.9. The van der Waals surface area contributed by atoms with Crippen LogP contribution < -0.4 is 5.32 Å². The molecule has 0 unspecified atom stereocenters. The number of aryl methyl sites for hydroxylation is 2. The van der Waals surface area contributed by atoms with E-state index in [1.807, 2.05) is 44.2 Å². The molecule has 0 radical (unpaired) electrons. The molecule has 0 spiro atoms. The predicted octanol–water partition coefficient (Wildman–Crippen LogP) is 3.91. The Morgan fingerprint density at radius 3 is 2.74 bits per heavy atom. The number of rotatable bonds is 6. The van der Waals surface area contributed by atoms with Crippen molar-refractivity contribution in [2.75, 3.05) is 13.1 Å². The van der Waals surface area contributed by atoms with Crippen LogP contribution in [0, 0.1) is 13.8 Å². The average Bonchev–Trinajstić information content (AvgIpc) is 3.20. The van der Waals surface area contributed by atoms with Gasteiger partial charge in [-0.25, -0.2) is 9.97 Å². The van der Waals surface area contributed by atoms with Crippen LogP contribution in [0.2, 0.25) is 0 Å². The largest absolute Gasteiger partial charge is 0.356 e. The monoisotopic (exact) mass is 419 g/mol. The van der Waals surface area contributed by atoms with E-state index >= 15 is 0 Å². The Hall–Kier alpha value is -3.06. The highest BCUT2D eigenvalue weighted by atomic mass is 16.5. The number of carbonyl (C=O) groups excluding carboxylic acids is 1. The van der Waals surface area contributed by atoms with Crippen LogP contribution >= 0.6 is 0 Å². The minimum absolute atomic E-state index is 0.0761. The maximum absolute atomic E-state index is 12.4. The number of hydrogen-bond donors (Lipinski definition) is 1. The van der Waals surface area contributed by atoms with Crippen molar-refractivity contribution < 1.29 is 9.32 Å². The lowest BCUT2D eigenvalue weighted by Gasteiger charge is -2.32. The Balaban J connectivity index is 1.43. The molecule has 4 rings (SSSR count). The Labute approximate surface area is 182 Å². The molecule has 162 valence electrons. The first kappa shape index (κ1) is 21.2. The number of carbonyl (C=O) groups is 1. The third-order valence-corrected chi connectivity index (χ3v) is 5.81. The first-order chi connectivity index (χ1) is 15.0. The standard InChI is InChI=1S/C24H29N5O2/c1-16-12-22(31-28-16)21-14-25-18(3)27-24(21)20-9-7-19(8-10-20)13-26-23(30)15-29-11-5-4-6-17(29)2/h7-10,12,14,17H,4-6,11,13,15H2,1-3H3,(H,26,30)/t17-/m0/s1. The van der Waals surface area contributed by atoms with Crippen LogP contribution in [0.5, 0.6) is 0 Å². The van der Waals surface area contributed by atoms with E-state index < -0.39 is 0 Å². The van der Waals surface area contributed by atoms with Crippen LogP contribution in [0.15, 0.2) is 41.1 Å². The fraction of sp³-hybridized carbons (Fsp3) is 0.417. The van der Waals surface area contributed by atoms with Gasteiger partial charge in [0.2, 0.25) is 5.91 Å². The van der Waals surface area contributed by atoms with E-state index in [1.165, 1.54) is 19.3 Å². The van der Waals surface area contributed by atoms with Gasteiger partial charge in [0.05, 0.1) is 23.5 Å². The van der Waals surface area contributed by atoms with Crippen LogP contribution in [0.4, 0.5) is 0 Å². The molecule has 3 heterocycles. The summed E-state index contributed by atoms with van der Waals surface area (Å²) in [5.74, 6) is 1.42. The van der Waals surface area contributed by atoms with Gasteiger partial charge in [-0.15, -0.1) is 0 Å². The van der Waals surface area contributed by atoms with E-state index in [0.29, 0.717) is 30.7 Å². The molecule has 1 N–H and O–H groups in total. The zero-order chi connectivity index (χ0) is 21.8. The molecule has 0 saturated carbocycles. The van der Waals surface area contributed by atoms with Gasteiger partial charge in [-0.2, -0.15) is 0 Å². The van der Waals surface area contributed by atoms with Gasteiger partial charge < -0.3 is 9.84 Å². The molecule has 7 nitrogen and oxygen atoms in total. The molecule has 2 aromatic heterocycles. The zero-order valence-corrected chi connectivity index (χ0v) is 18.4. The smallest absolute Gasteiger partial charge is 0.234 e. The van der Waals surface area contributed by atoms with Crippen molar-refractivity contribution in [3.8, 4) is 22.6 Å². The van der Waals surface area contributed by atoms with Crippen LogP contribution in [-0.2, 0) is 11.3 Å². The molecule has 3 aromatic rings. The van der Waals surface area contributed by atoms with E-state index in [1.54, 1.807) is 6.20 Å². The van der Waals surface area contributed by atoms with Gasteiger partial charge in [-0.05, 0) is 45.7 Å². The van der Waals surface area contributed by atoms with Crippen molar-refractivity contribution in [2.45, 2.75) is 52.6 Å². The highest BCUT2D eigenvalue weighted by Gasteiger charge is 2.20. The highest BCUT2D eigenvalue weighted by Crippen LogP contribution is 2.30. The van der Waals surface area contributed by atoms with Crippen molar-refractivity contribution in [3.05, 3.63) is 53.6 Å². The number of aromatic nitrogens is 3. The molecular weight excluding hydrogens is 390 g/mol. The van der Waals surface area contributed by atoms with Gasteiger partial charge in [0.25, 0.3) is 0 Å². The number of piperidine rings is 1. The van der Waals surface area contributed by atoms with E-state index in [-0.39, 0.29) is 5.91 Å². The molecule has 1 aliphatic heterocycles. The molecule has 1 atom stereocenters. The zero-order valence-electron chi connectivity index (χ0n) is 18.4. The van der Waals surface area contributed by atoms with Crippen LogP contribution in [0.3, 0.4) is 0 Å². The van der Waals surface area contributed by atoms with Crippen LogP contribution in [-0.4, -0.2) is 45.1 Å². The summed E-state index contributed by atoms with van der Waals surface area (Å²) in [6, 6.07) is 10.4. The Morgan fingerprint density at radius 1 is 1.23 bits per heavy atom. The summed E-state index contributed by atoms with van der Waals surface area (Å²) >= 11 is 0. The topological polar surface area (TPSA) is 84.2 Å². The van der Waals surface area contributed by atoms with E-state index in [4.69, 9.17) is 4.52 Å². The second-order valence-electron chi connectivity index (χ2n) is 8.30. The highest BCUT2D eigenvalue weighted by molar-refractivity contribution is 5.79. The minimum atomic E-state index is 0.0761. The van der Waals surface area contributed by atoms with E-state index in [0.717, 1.165) is 34.6 Å². The van der Waals surface area contributed by atoms with Gasteiger partial charge in [0, 0.05) is 30.4 Å². The molecule has 0 bridgehead atoms. The Kier molecular flexibility index (Phi) is 6.42. The second kappa shape index (κ2) is 9.39. The summed E-state index contributed by atoms with van der Waals surface area (Å²) in [6.45, 7) is 7.95. The van der Waals surface area contributed by atoms with Gasteiger partial charge >= 0.3 is 0 Å². The summed E-state index contributed by atoms with van der Waals surface area (Å²) in [5.41, 5.74) is 4.44. The lowest BCUT2D eigenvalue weighted by Crippen LogP contribution is -2.44. The fourth-order valence-electron chi connectivity index (χ4n) is 3.97. The lowest BCUT2D eigenvalue weighted by atomic mass is 10.0. The SMILES string of the molecule is Cc1cc(-c2cnc(C)nc2-c2ccc(CNC(=O)CN3CCCC[C@@H]3C)cc2)on1. The van der Waals surface area contributed by atoms with E-state index in [9.17, 15) is 4.79 Å². The number of likely N-dealkylation sites (tertiary alicyclic amines) is 1. The number of nitrogens with zero attached hydrogens (tertiary/aromatic N) is 4. The molecule has 1 fully saturated rings. The second-order valence-corrected chi connectivity index (χ2v) is 8.30. The Bertz CT molecular complexity index is 1040. The number of hydrogen-bond acceptors (Lipinski definition) is 6.